The molecule has 6 nitrogen and oxygen atoms in total. The zero-order valence-electron chi connectivity index (χ0n) is 16.7. The van der Waals surface area contributed by atoms with E-state index in [0.717, 1.165) is 19.3 Å². The molecule has 1 aromatic rings. The Labute approximate surface area is 160 Å². The number of piperidine rings is 1. The predicted molar refractivity (Wildman–Crippen MR) is 102 cm³/mol. The highest BCUT2D eigenvalue weighted by Crippen LogP contribution is 2.24. The van der Waals surface area contributed by atoms with Crippen LogP contribution in [0, 0.1) is 0 Å². The summed E-state index contributed by atoms with van der Waals surface area (Å²) in [5.41, 5.74) is 0.571. The lowest BCUT2D eigenvalue weighted by Gasteiger charge is -2.40. The van der Waals surface area contributed by atoms with E-state index in [1.165, 1.54) is 6.92 Å². The van der Waals surface area contributed by atoms with E-state index in [0.29, 0.717) is 11.3 Å². The minimum Gasteiger partial charge on any atom is -0.479 e. The summed E-state index contributed by atoms with van der Waals surface area (Å²) < 4.78 is 10.9. The largest absolute Gasteiger partial charge is 0.479 e. The lowest BCUT2D eigenvalue weighted by molar-refractivity contribution is -0.166. The van der Waals surface area contributed by atoms with Crippen molar-refractivity contribution in [3.63, 3.8) is 0 Å². The van der Waals surface area contributed by atoms with Gasteiger partial charge < -0.3 is 14.4 Å². The van der Waals surface area contributed by atoms with Gasteiger partial charge in [-0.05, 0) is 78.1 Å². The van der Waals surface area contributed by atoms with Crippen LogP contribution < -0.4 is 4.74 Å². The molecule has 148 valence electrons. The summed E-state index contributed by atoms with van der Waals surface area (Å²) in [6.07, 6.45) is 1.32. The molecular formula is C21H29NO5. The number of ketones is 1. The van der Waals surface area contributed by atoms with Crippen molar-refractivity contribution in [1.82, 2.24) is 4.90 Å². The Morgan fingerprint density at radius 1 is 1.00 bits per heavy atom. The predicted octanol–water partition coefficient (Wildman–Crippen LogP) is 3.38. The molecule has 1 aliphatic heterocycles. The van der Waals surface area contributed by atoms with Gasteiger partial charge in [0, 0.05) is 17.6 Å². The van der Waals surface area contributed by atoms with Gasteiger partial charge in [0.2, 0.25) is 0 Å². The first-order valence-electron chi connectivity index (χ1n) is 9.51. The molecule has 1 fully saturated rings. The van der Waals surface area contributed by atoms with Crippen LogP contribution in [-0.2, 0) is 14.3 Å². The van der Waals surface area contributed by atoms with Gasteiger partial charge in [-0.3, -0.25) is 9.59 Å². The van der Waals surface area contributed by atoms with Crippen molar-refractivity contribution in [2.75, 3.05) is 0 Å². The van der Waals surface area contributed by atoms with Crippen molar-refractivity contribution < 1.29 is 23.9 Å². The van der Waals surface area contributed by atoms with Crippen LogP contribution >= 0.6 is 0 Å². The summed E-state index contributed by atoms with van der Waals surface area (Å²) in [7, 11) is 0. The third-order valence-corrected chi connectivity index (χ3v) is 4.99. The quantitative estimate of drug-likeness (QED) is 0.563. The average molecular weight is 375 g/mol. The molecule has 0 aliphatic carbocycles. The fourth-order valence-corrected chi connectivity index (χ4v) is 3.41. The van der Waals surface area contributed by atoms with Gasteiger partial charge in [-0.15, -0.1) is 0 Å². The molecular weight excluding hydrogens is 346 g/mol. The zero-order chi connectivity index (χ0) is 20.1. The molecule has 0 aromatic heterocycles. The molecule has 6 heteroatoms. The molecule has 0 bridgehead atoms. The number of carbonyl (C=O) groups is 3. The van der Waals surface area contributed by atoms with Crippen LogP contribution in [0.2, 0.25) is 0 Å². The van der Waals surface area contributed by atoms with Gasteiger partial charge in [0.1, 0.15) is 5.75 Å². The van der Waals surface area contributed by atoms with E-state index in [1.54, 1.807) is 38.1 Å². The SMILES string of the molecule is CC(=O)c1ccc(OC(C)C(=O)OC(C)C(=O)N2C(C)CCCC2C)cc1. The number of amides is 1. The molecule has 4 unspecified atom stereocenters. The average Bonchev–Trinajstić information content (AvgIpc) is 2.61. The number of nitrogens with zero attached hydrogens (tertiary/aromatic N) is 1. The van der Waals surface area contributed by atoms with Gasteiger partial charge in [0.25, 0.3) is 5.91 Å². The highest BCUT2D eigenvalue weighted by atomic mass is 16.6. The maximum absolute atomic E-state index is 12.7. The van der Waals surface area contributed by atoms with Crippen LogP contribution in [0.1, 0.15) is 64.2 Å². The molecule has 1 saturated heterocycles. The lowest BCUT2D eigenvalue weighted by atomic mass is 9.97. The van der Waals surface area contributed by atoms with Crippen molar-refractivity contribution in [2.45, 2.75) is 78.2 Å². The number of hydrogen-bond acceptors (Lipinski definition) is 5. The Bertz CT molecular complexity index is 674. The highest BCUT2D eigenvalue weighted by Gasteiger charge is 2.34. The van der Waals surface area contributed by atoms with Gasteiger partial charge in [0.05, 0.1) is 0 Å². The Morgan fingerprint density at radius 3 is 2.07 bits per heavy atom. The number of Topliss-reactive ketones (excluding diaryl/α,β-unsaturated/α-hetero) is 1. The Balaban J connectivity index is 1.92. The van der Waals surface area contributed by atoms with Crippen molar-refractivity contribution in [3.8, 4) is 5.75 Å². The lowest BCUT2D eigenvalue weighted by Crippen LogP contribution is -2.52. The molecule has 27 heavy (non-hydrogen) atoms. The summed E-state index contributed by atoms with van der Waals surface area (Å²) in [4.78, 5) is 38.1. The number of benzene rings is 1. The van der Waals surface area contributed by atoms with Crippen molar-refractivity contribution in [3.05, 3.63) is 29.8 Å². The molecule has 0 saturated carbocycles. The van der Waals surface area contributed by atoms with E-state index in [2.05, 4.69) is 0 Å². The third-order valence-electron chi connectivity index (χ3n) is 4.99. The van der Waals surface area contributed by atoms with Crippen molar-refractivity contribution >= 4 is 17.7 Å². The maximum atomic E-state index is 12.7. The van der Waals surface area contributed by atoms with Gasteiger partial charge in [-0.1, -0.05) is 0 Å². The second-order valence-corrected chi connectivity index (χ2v) is 7.29. The normalized spacial score (nSPS) is 21.9. The van der Waals surface area contributed by atoms with E-state index in [1.807, 2.05) is 18.7 Å². The first-order chi connectivity index (χ1) is 12.7. The summed E-state index contributed by atoms with van der Waals surface area (Å²) in [5, 5.41) is 0. The molecule has 0 radical (unpaired) electrons. The van der Waals surface area contributed by atoms with Gasteiger partial charge in [-0.25, -0.2) is 4.79 Å². The number of esters is 1. The minimum absolute atomic E-state index is 0.0393. The Kier molecular flexibility index (Phi) is 6.99. The van der Waals surface area contributed by atoms with Gasteiger partial charge in [-0.2, -0.15) is 0 Å². The molecule has 4 atom stereocenters. The first-order valence-corrected chi connectivity index (χ1v) is 9.51. The smallest absolute Gasteiger partial charge is 0.347 e. The van der Waals surface area contributed by atoms with Crippen LogP contribution in [0.15, 0.2) is 24.3 Å². The highest BCUT2D eigenvalue weighted by molar-refractivity contribution is 5.94. The molecule has 0 spiro atoms. The monoisotopic (exact) mass is 375 g/mol. The van der Waals surface area contributed by atoms with Crippen molar-refractivity contribution in [2.24, 2.45) is 0 Å². The van der Waals surface area contributed by atoms with Crippen LogP contribution in [0.4, 0.5) is 0 Å². The van der Waals surface area contributed by atoms with Crippen LogP contribution in [-0.4, -0.2) is 46.9 Å². The van der Waals surface area contributed by atoms with E-state index in [-0.39, 0.29) is 23.8 Å². The number of ether oxygens (including phenoxy) is 2. The summed E-state index contributed by atoms with van der Waals surface area (Å²) >= 11 is 0. The Hall–Kier alpha value is -2.37. The van der Waals surface area contributed by atoms with E-state index < -0.39 is 18.2 Å². The maximum Gasteiger partial charge on any atom is 0.347 e. The second-order valence-electron chi connectivity index (χ2n) is 7.29. The number of hydrogen-bond donors (Lipinski definition) is 0. The molecule has 1 heterocycles. The fraction of sp³-hybridized carbons (Fsp3) is 0.571. The number of likely N-dealkylation sites (tertiary alicyclic amines) is 1. The fourth-order valence-electron chi connectivity index (χ4n) is 3.41. The summed E-state index contributed by atoms with van der Waals surface area (Å²) in [5.74, 6) is -0.339. The third kappa shape index (κ3) is 5.31. The van der Waals surface area contributed by atoms with Crippen LogP contribution in [0.25, 0.3) is 0 Å². The molecule has 2 rings (SSSR count). The first kappa shape index (κ1) is 20.9. The summed E-state index contributed by atoms with van der Waals surface area (Å²) in [6, 6.07) is 6.84. The van der Waals surface area contributed by atoms with Gasteiger partial charge >= 0.3 is 5.97 Å². The second kappa shape index (κ2) is 9.02. The molecule has 0 N–H and O–H groups in total. The minimum atomic E-state index is -0.861. The number of rotatable bonds is 6. The van der Waals surface area contributed by atoms with E-state index in [4.69, 9.17) is 9.47 Å². The van der Waals surface area contributed by atoms with Crippen LogP contribution in [0.5, 0.6) is 5.75 Å². The van der Waals surface area contributed by atoms with E-state index in [9.17, 15) is 14.4 Å². The number of carbonyl (C=O) groups excluding carboxylic acids is 3. The molecule has 1 amide bonds. The zero-order valence-corrected chi connectivity index (χ0v) is 16.7. The van der Waals surface area contributed by atoms with Crippen LogP contribution in [0.3, 0.4) is 0 Å². The standard InChI is InChI=1S/C21H29NO5/c1-13-7-6-8-14(2)22(13)20(24)16(4)27-21(25)17(5)26-19-11-9-18(10-12-19)15(3)23/h9-14,16-17H,6-8H2,1-5H3. The van der Waals surface area contributed by atoms with E-state index >= 15 is 0 Å². The Morgan fingerprint density at radius 2 is 1.56 bits per heavy atom. The van der Waals surface area contributed by atoms with Gasteiger partial charge in [0.15, 0.2) is 18.0 Å². The summed E-state index contributed by atoms with van der Waals surface area (Å²) in [6.45, 7) is 8.71. The topological polar surface area (TPSA) is 72.9 Å². The van der Waals surface area contributed by atoms with Crippen molar-refractivity contribution in [1.29, 1.82) is 0 Å². The molecule has 1 aromatic carbocycles. The molecule has 1 aliphatic rings.